The fourth-order valence-corrected chi connectivity index (χ4v) is 3.84. The molecule has 31 heavy (non-hydrogen) atoms. The molecule has 2 aromatic heterocycles. The third-order valence-electron chi connectivity index (χ3n) is 5.76. The number of hydrogen-bond acceptors (Lipinski definition) is 7. The highest BCUT2D eigenvalue weighted by molar-refractivity contribution is 5.77. The second-order valence-electron chi connectivity index (χ2n) is 7.68. The van der Waals surface area contributed by atoms with Gasteiger partial charge in [-0.05, 0) is 56.7 Å². The van der Waals surface area contributed by atoms with E-state index in [4.69, 9.17) is 9.26 Å². The molecule has 1 saturated heterocycles. The second-order valence-corrected chi connectivity index (χ2v) is 7.68. The van der Waals surface area contributed by atoms with Crippen molar-refractivity contribution in [1.82, 2.24) is 20.3 Å². The standard InChI is InChI=1S/C23H27N5O3/c1-16-20(17(2)31-26-16)8-11-23(29)28-14-12-27(13-15-28)22-10-9-21(24-25-22)18-4-6-19(30-3)7-5-18/h4-7,9-10H,8,11-15H2,1-3H3. The van der Waals surface area contributed by atoms with Crippen molar-refractivity contribution in [2.24, 2.45) is 0 Å². The van der Waals surface area contributed by atoms with Gasteiger partial charge in [0.05, 0.1) is 18.5 Å². The highest BCUT2D eigenvalue weighted by Gasteiger charge is 2.22. The number of rotatable bonds is 6. The molecule has 8 nitrogen and oxygen atoms in total. The topological polar surface area (TPSA) is 84.6 Å². The summed E-state index contributed by atoms with van der Waals surface area (Å²) in [4.78, 5) is 16.7. The van der Waals surface area contributed by atoms with Gasteiger partial charge in [0.25, 0.3) is 0 Å². The predicted molar refractivity (Wildman–Crippen MR) is 117 cm³/mol. The number of hydrogen-bond donors (Lipinski definition) is 0. The molecule has 1 aliphatic rings. The van der Waals surface area contributed by atoms with E-state index in [1.165, 1.54) is 0 Å². The number of ether oxygens (including phenoxy) is 1. The van der Waals surface area contributed by atoms with Gasteiger partial charge in [-0.3, -0.25) is 4.79 Å². The van der Waals surface area contributed by atoms with Gasteiger partial charge >= 0.3 is 0 Å². The SMILES string of the molecule is COc1ccc(-c2ccc(N3CCN(C(=O)CCc4c(C)noc4C)CC3)nn2)cc1. The van der Waals surface area contributed by atoms with Crippen LogP contribution in [0.4, 0.5) is 5.82 Å². The largest absolute Gasteiger partial charge is 0.497 e. The molecule has 0 unspecified atom stereocenters. The minimum atomic E-state index is 0.167. The number of methoxy groups -OCH3 is 1. The lowest BCUT2D eigenvalue weighted by Gasteiger charge is -2.35. The zero-order chi connectivity index (χ0) is 21.8. The Morgan fingerprint density at radius 2 is 1.77 bits per heavy atom. The van der Waals surface area contributed by atoms with E-state index in [1.807, 2.05) is 55.1 Å². The van der Waals surface area contributed by atoms with Crippen LogP contribution in [0.3, 0.4) is 0 Å². The molecule has 0 saturated carbocycles. The summed E-state index contributed by atoms with van der Waals surface area (Å²) in [6, 6.07) is 11.7. The molecule has 0 bridgehead atoms. The highest BCUT2D eigenvalue weighted by Crippen LogP contribution is 2.22. The first-order valence-corrected chi connectivity index (χ1v) is 10.5. The molecule has 1 aromatic carbocycles. The quantitative estimate of drug-likeness (QED) is 0.605. The summed E-state index contributed by atoms with van der Waals surface area (Å²) >= 11 is 0. The van der Waals surface area contributed by atoms with Gasteiger partial charge in [0.1, 0.15) is 11.5 Å². The highest BCUT2D eigenvalue weighted by atomic mass is 16.5. The van der Waals surface area contributed by atoms with Crippen molar-refractivity contribution in [1.29, 1.82) is 0 Å². The number of nitrogens with zero attached hydrogens (tertiary/aromatic N) is 5. The maximum absolute atomic E-state index is 12.6. The van der Waals surface area contributed by atoms with Crippen LogP contribution in [0.1, 0.15) is 23.4 Å². The van der Waals surface area contributed by atoms with Crippen molar-refractivity contribution in [2.45, 2.75) is 26.7 Å². The van der Waals surface area contributed by atoms with E-state index in [-0.39, 0.29) is 5.91 Å². The second kappa shape index (κ2) is 9.16. The molecule has 3 heterocycles. The molecular formula is C23H27N5O3. The van der Waals surface area contributed by atoms with Gasteiger partial charge in [0.15, 0.2) is 5.82 Å². The lowest BCUT2D eigenvalue weighted by Crippen LogP contribution is -2.49. The van der Waals surface area contributed by atoms with Crippen molar-refractivity contribution < 1.29 is 14.1 Å². The van der Waals surface area contributed by atoms with Crippen molar-refractivity contribution in [2.75, 3.05) is 38.2 Å². The van der Waals surface area contributed by atoms with Crippen molar-refractivity contribution in [3.8, 4) is 17.0 Å². The number of aromatic nitrogens is 3. The van der Waals surface area contributed by atoms with Gasteiger partial charge in [-0.25, -0.2) is 0 Å². The normalized spacial score (nSPS) is 14.0. The summed E-state index contributed by atoms with van der Waals surface area (Å²) < 4.78 is 10.4. The first kappa shape index (κ1) is 20.8. The maximum Gasteiger partial charge on any atom is 0.223 e. The van der Waals surface area contributed by atoms with Crippen molar-refractivity contribution in [3.63, 3.8) is 0 Å². The zero-order valence-electron chi connectivity index (χ0n) is 18.2. The van der Waals surface area contributed by atoms with Crippen LogP contribution in [0, 0.1) is 13.8 Å². The van der Waals surface area contributed by atoms with E-state index in [1.54, 1.807) is 7.11 Å². The Kier molecular flexibility index (Phi) is 6.16. The van der Waals surface area contributed by atoms with Crippen LogP contribution in [-0.4, -0.2) is 59.4 Å². The zero-order valence-corrected chi connectivity index (χ0v) is 18.2. The fourth-order valence-electron chi connectivity index (χ4n) is 3.84. The Morgan fingerprint density at radius 3 is 2.35 bits per heavy atom. The van der Waals surface area contributed by atoms with E-state index in [2.05, 4.69) is 20.3 Å². The van der Waals surface area contributed by atoms with E-state index in [0.717, 1.165) is 52.9 Å². The van der Waals surface area contributed by atoms with Crippen LogP contribution in [0.25, 0.3) is 11.3 Å². The van der Waals surface area contributed by atoms with Gasteiger partial charge < -0.3 is 19.1 Å². The molecule has 0 radical (unpaired) electrons. The van der Waals surface area contributed by atoms with Gasteiger partial charge in [-0.15, -0.1) is 10.2 Å². The van der Waals surface area contributed by atoms with Gasteiger partial charge in [0, 0.05) is 43.7 Å². The first-order valence-electron chi connectivity index (χ1n) is 10.5. The average molecular weight is 422 g/mol. The first-order chi connectivity index (χ1) is 15.0. The summed E-state index contributed by atoms with van der Waals surface area (Å²) in [7, 11) is 1.65. The van der Waals surface area contributed by atoms with Gasteiger partial charge in [-0.1, -0.05) is 5.16 Å². The molecule has 1 amide bonds. The van der Waals surface area contributed by atoms with Crippen molar-refractivity contribution >= 4 is 11.7 Å². The van der Waals surface area contributed by atoms with E-state index in [0.29, 0.717) is 25.9 Å². The molecule has 1 aliphatic heterocycles. The smallest absolute Gasteiger partial charge is 0.223 e. The third kappa shape index (κ3) is 4.68. The number of benzene rings is 1. The van der Waals surface area contributed by atoms with Crippen molar-refractivity contribution in [3.05, 3.63) is 53.4 Å². The number of anilines is 1. The maximum atomic E-state index is 12.6. The molecule has 0 atom stereocenters. The Labute approximate surface area is 181 Å². The molecule has 1 fully saturated rings. The van der Waals surface area contributed by atoms with Crippen LogP contribution in [-0.2, 0) is 11.2 Å². The number of carbonyl (C=O) groups excluding carboxylic acids is 1. The third-order valence-corrected chi connectivity index (χ3v) is 5.76. The Morgan fingerprint density at radius 1 is 1.03 bits per heavy atom. The molecule has 0 N–H and O–H groups in total. The molecule has 0 spiro atoms. The Balaban J connectivity index is 1.30. The Bertz CT molecular complexity index is 1000. The summed E-state index contributed by atoms with van der Waals surface area (Å²) in [5.41, 5.74) is 3.72. The van der Waals surface area contributed by atoms with E-state index >= 15 is 0 Å². The monoisotopic (exact) mass is 421 g/mol. The molecule has 162 valence electrons. The van der Waals surface area contributed by atoms with E-state index in [9.17, 15) is 4.79 Å². The van der Waals surface area contributed by atoms with Crippen LogP contribution in [0.5, 0.6) is 5.75 Å². The number of piperazine rings is 1. The molecular weight excluding hydrogens is 394 g/mol. The van der Waals surface area contributed by atoms with Crippen LogP contribution in [0.15, 0.2) is 40.9 Å². The molecule has 3 aromatic rings. The molecule has 4 rings (SSSR count). The molecule has 0 aliphatic carbocycles. The number of aryl methyl sites for hydroxylation is 2. The number of carbonyl (C=O) groups is 1. The minimum Gasteiger partial charge on any atom is -0.497 e. The van der Waals surface area contributed by atoms with Crippen LogP contribution in [0.2, 0.25) is 0 Å². The lowest BCUT2D eigenvalue weighted by atomic mass is 10.1. The Hall–Kier alpha value is -3.42. The summed E-state index contributed by atoms with van der Waals surface area (Å²) in [6.45, 7) is 6.65. The van der Waals surface area contributed by atoms with Crippen LogP contribution < -0.4 is 9.64 Å². The average Bonchev–Trinajstić information content (AvgIpc) is 3.15. The van der Waals surface area contributed by atoms with Crippen LogP contribution >= 0.6 is 0 Å². The number of amides is 1. The molecule has 8 heteroatoms. The minimum absolute atomic E-state index is 0.167. The van der Waals surface area contributed by atoms with Gasteiger partial charge in [0.2, 0.25) is 5.91 Å². The summed E-state index contributed by atoms with van der Waals surface area (Å²) in [6.07, 6.45) is 1.14. The summed E-state index contributed by atoms with van der Waals surface area (Å²) in [5, 5.41) is 12.7. The fraction of sp³-hybridized carbons (Fsp3) is 0.391. The summed E-state index contributed by atoms with van der Waals surface area (Å²) in [5.74, 6) is 2.61. The van der Waals surface area contributed by atoms with E-state index < -0.39 is 0 Å². The van der Waals surface area contributed by atoms with Gasteiger partial charge in [-0.2, -0.15) is 0 Å². The lowest BCUT2D eigenvalue weighted by molar-refractivity contribution is -0.131. The predicted octanol–water partition coefficient (Wildman–Crippen LogP) is 3.04.